The molecule has 0 atom stereocenters. The molecule has 2 aromatic rings. The van der Waals surface area contributed by atoms with Gasteiger partial charge in [-0.25, -0.2) is 5.10 Å². The van der Waals surface area contributed by atoms with Crippen molar-refractivity contribution in [2.45, 2.75) is 20.8 Å². The number of carbonyl (C=O) groups is 2. The molecule has 0 aliphatic rings. The number of benzene rings is 1. The van der Waals surface area contributed by atoms with Crippen molar-refractivity contribution in [2.75, 3.05) is 18.9 Å². The van der Waals surface area contributed by atoms with Crippen LogP contribution in [0.1, 0.15) is 38.9 Å². The first kappa shape index (κ1) is 17.4. The minimum absolute atomic E-state index is 0.0184. The first-order chi connectivity index (χ1) is 11.3. The molecule has 0 radical (unpaired) electrons. The maximum Gasteiger partial charge on any atom is 0.277 e. The Morgan fingerprint density at radius 3 is 2.67 bits per heavy atom. The number of aromatic nitrogens is 2. The van der Waals surface area contributed by atoms with Gasteiger partial charge in [-0.3, -0.25) is 14.4 Å². The van der Waals surface area contributed by atoms with E-state index in [1.54, 1.807) is 50.1 Å². The van der Waals surface area contributed by atoms with Gasteiger partial charge in [0.2, 0.25) is 0 Å². The second-order valence-electron chi connectivity index (χ2n) is 5.49. The molecule has 7 nitrogen and oxygen atoms in total. The smallest absolute Gasteiger partial charge is 0.277 e. The number of nitrogens with zero attached hydrogens (tertiary/aromatic N) is 2. The molecule has 0 fully saturated rings. The van der Waals surface area contributed by atoms with Crippen LogP contribution in [0.5, 0.6) is 0 Å². The van der Waals surface area contributed by atoms with Crippen molar-refractivity contribution >= 4 is 17.5 Å². The van der Waals surface area contributed by atoms with E-state index in [0.29, 0.717) is 29.1 Å². The molecule has 0 aliphatic heterocycles. The SMILES string of the molecule is CCN(C)C(=O)c1cccc(NC(=O)c2c(C)c(C)n[nH]c2=O)c1. The Bertz CT molecular complexity index is 842. The van der Waals surface area contributed by atoms with Crippen LogP contribution in [0, 0.1) is 13.8 Å². The van der Waals surface area contributed by atoms with Crippen LogP contribution in [0.2, 0.25) is 0 Å². The highest BCUT2D eigenvalue weighted by molar-refractivity contribution is 6.05. The minimum atomic E-state index is -0.548. The van der Waals surface area contributed by atoms with Gasteiger partial charge in [0.1, 0.15) is 5.56 Å². The number of nitrogens with one attached hydrogen (secondary N) is 2. The summed E-state index contributed by atoms with van der Waals surface area (Å²) in [5.41, 5.74) is 1.48. The van der Waals surface area contributed by atoms with Crippen LogP contribution < -0.4 is 10.9 Å². The van der Waals surface area contributed by atoms with Gasteiger partial charge >= 0.3 is 0 Å². The Kier molecular flexibility index (Phi) is 5.13. The van der Waals surface area contributed by atoms with Crippen molar-refractivity contribution in [1.29, 1.82) is 0 Å². The summed E-state index contributed by atoms with van der Waals surface area (Å²) in [4.78, 5) is 38.1. The highest BCUT2D eigenvalue weighted by Crippen LogP contribution is 2.14. The molecule has 0 bridgehead atoms. The van der Waals surface area contributed by atoms with Crippen LogP contribution in [0.15, 0.2) is 29.1 Å². The standard InChI is InChI=1S/C17H20N4O3/c1-5-21(4)17(24)12-7-6-8-13(9-12)18-15(22)14-10(2)11(3)19-20-16(14)23/h6-9H,5H2,1-4H3,(H,18,22)(H,20,23). The van der Waals surface area contributed by atoms with E-state index < -0.39 is 11.5 Å². The number of carbonyl (C=O) groups excluding carboxylic acids is 2. The van der Waals surface area contributed by atoms with Crippen LogP contribution in [0.4, 0.5) is 5.69 Å². The molecule has 0 saturated carbocycles. The van der Waals surface area contributed by atoms with Gasteiger partial charge in [-0.15, -0.1) is 0 Å². The molecule has 0 unspecified atom stereocenters. The lowest BCUT2D eigenvalue weighted by atomic mass is 10.1. The number of H-pyrrole nitrogens is 1. The van der Waals surface area contributed by atoms with Gasteiger partial charge < -0.3 is 10.2 Å². The van der Waals surface area contributed by atoms with E-state index >= 15 is 0 Å². The molecule has 2 N–H and O–H groups in total. The molecule has 24 heavy (non-hydrogen) atoms. The first-order valence-corrected chi connectivity index (χ1v) is 7.58. The lowest BCUT2D eigenvalue weighted by molar-refractivity contribution is 0.0802. The Morgan fingerprint density at radius 1 is 1.29 bits per heavy atom. The fourth-order valence-electron chi connectivity index (χ4n) is 2.19. The normalized spacial score (nSPS) is 10.3. The lowest BCUT2D eigenvalue weighted by Gasteiger charge is -2.15. The van der Waals surface area contributed by atoms with Gasteiger partial charge in [-0.05, 0) is 44.5 Å². The van der Waals surface area contributed by atoms with E-state index in [-0.39, 0.29) is 11.5 Å². The van der Waals surface area contributed by atoms with E-state index in [0.717, 1.165) is 0 Å². The maximum atomic E-state index is 12.4. The molecule has 126 valence electrons. The highest BCUT2D eigenvalue weighted by Gasteiger charge is 2.17. The van der Waals surface area contributed by atoms with Crippen LogP contribution >= 0.6 is 0 Å². The van der Waals surface area contributed by atoms with Gasteiger partial charge in [0.05, 0.1) is 5.69 Å². The quantitative estimate of drug-likeness (QED) is 0.893. The van der Waals surface area contributed by atoms with Gasteiger partial charge in [0, 0.05) is 24.8 Å². The number of hydrogen-bond acceptors (Lipinski definition) is 4. The fourth-order valence-corrected chi connectivity index (χ4v) is 2.19. The van der Waals surface area contributed by atoms with Crippen LogP contribution in [0.3, 0.4) is 0 Å². The first-order valence-electron chi connectivity index (χ1n) is 7.58. The second kappa shape index (κ2) is 7.08. The minimum Gasteiger partial charge on any atom is -0.342 e. The number of hydrogen-bond donors (Lipinski definition) is 2. The van der Waals surface area contributed by atoms with Crippen LogP contribution in [0.25, 0.3) is 0 Å². The molecule has 0 aliphatic carbocycles. The van der Waals surface area contributed by atoms with Gasteiger partial charge in [-0.1, -0.05) is 6.07 Å². The number of aromatic amines is 1. The Hall–Kier alpha value is -2.96. The molecule has 0 saturated heterocycles. The largest absolute Gasteiger partial charge is 0.342 e. The number of anilines is 1. The molecule has 0 spiro atoms. The third-order valence-electron chi connectivity index (χ3n) is 3.89. The Balaban J connectivity index is 2.30. The molecule has 1 aromatic heterocycles. The topological polar surface area (TPSA) is 95.2 Å². The number of rotatable bonds is 4. The van der Waals surface area contributed by atoms with Crippen molar-refractivity contribution in [3.05, 3.63) is 57.0 Å². The summed E-state index contributed by atoms with van der Waals surface area (Å²) < 4.78 is 0. The zero-order valence-corrected chi connectivity index (χ0v) is 14.1. The predicted molar refractivity (Wildman–Crippen MR) is 91.4 cm³/mol. The zero-order valence-electron chi connectivity index (χ0n) is 14.1. The third kappa shape index (κ3) is 3.51. The summed E-state index contributed by atoms with van der Waals surface area (Å²) in [5.74, 6) is -0.671. The van der Waals surface area contributed by atoms with E-state index in [1.807, 2.05) is 6.92 Å². The molecular formula is C17H20N4O3. The average Bonchev–Trinajstić information content (AvgIpc) is 2.57. The lowest BCUT2D eigenvalue weighted by Crippen LogP contribution is -2.27. The maximum absolute atomic E-state index is 12.4. The Morgan fingerprint density at radius 2 is 2.00 bits per heavy atom. The second-order valence-corrected chi connectivity index (χ2v) is 5.49. The average molecular weight is 328 g/mol. The number of amides is 2. The van der Waals surface area contributed by atoms with Gasteiger partial charge in [0.25, 0.3) is 17.4 Å². The molecule has 1 heterocycles. The van der Waals surface area contributed by atoms with E-state index in [2.05, 4.69) is 15.5 Å². The van der Waals surface area contributed by atoms with Crippen LogP contribution in [-0.2, 0) is 0 Å². The summed E-state index contributed by atoms with van der Waals surface area (Å²) in [5, 5.41) is 8.79. The summed E-state index contributed by atoms with van der Waals surface area (Å²) >= 11 is 0. The fraction of sp³-hybridized carbons (Fsp3) is 0.294. The molecule has 2 amide bonds. The van der Waals surface area contributed by atoms with Crippen molar-refractivity contribution in [1.82, 2.24) is 15.1 Å². The monoisotopic (exact) mass is 328 g/mol. The van der Waals surface area contributed by atoms with Crippen molar-refractivity contribution in [3.8, 4) is 0 Å². The van der Waals surface area contributed by atoms with Gasteiger partial charge in [0.15, 0.2) is 0 Å². The van der Waals surface area contributed by atoms with E-state index in [9.17, 15) is 14.4 Å². The van der Waals surface area contributed by atoms with Crippen molar-refractivity contribution < 1.29 is 9.59 Å². The number of aryl methyl sites for hydroxylation is 1. The highest BCUT2D eigenvalue weighted by atomic mass is 16.2. The summed E-state index contributed by atoms with van der Waals surface area (Å²) in [7, 11) is 1.70. The van der Waals surface area contributed by atoms with E-state index in [1.165, 1.54) is 0 Å². The molecule has 2 rings (SSSR count). The zero-order chi connectivity index (χ0) is 17.9. The third-order valence-corrected chi connectivity index (χ3v) is 3.89. The van der Waals surface area contributed by atoms with Crippen molar-refractivity contribution in [2.24, 2.45) is 0 Å². The van der Waals surface area contributed by atoms with Crippen LogP contribution in [-0.4, -0.2) is 40.5 Å². The van der Waals surface area contributed by atoms with Gasteiger partial charge in [-0.2, -0.15) is 5.10 Å². The summed E-state index contributed by atoms with van der Waals surface area (Å²) in [6.07, 6.45) is 0. The van der Waals surface area contributed by atoms with Crippen molar-refractivity contribution in [3.63, 3.8) is 0 Å². The molecule has 7 heteroatoms. The Labute approximate surface area is 139 Å². The summed E-state index contributed by atoms with van der Waals surface area (Å²) in [6.45, 7) is 5.84. The molecule has 1 aromatic carbocycles. The molecular weight excluding hydrogens is 308 g/mol. The predicted octanol–water partition coefficient (Wildman–Crippen LogP) is 1.73. The summed E-state index contributed by atoms with van der Waals surface area (Å²) in [6, 6.07) is 6.61. The van der Waals surface area contributed by atoms with E-state index in [4.69, 9.17) is 0 Å².